The molecule has 2 atom stereocenters. The maximum Gasteiger partial charge on any atom is 0.223 e. The van der Waals surface area contributed by atoms with Gasteiger partial charge in [0.1, 0.15) is 0 Å². The molecular weight excluding hydrogens is 228 g/mol. The molecule has 2 rings (SSSR count). The van der Waals surface area contributed by atoms with Crippen molar-refractivity contribution in [2.45, 2.75) is 64.8 Å². The van der Waals surface area contributed by atoms with E-state index in [1.807, 2.05) is 0 Å². The summed E-state index contributed by atoms with van der Waals surface area (Å²) in [5, 5.41) is 5.77. The van der Waals surface area contributed by atoms with Gasteiger partial charge in [0.05, 0.1) is 0 Å². The number of rotatable bonds is 2. The Kier molecular flexibility index (Phi) is 6.76. The number of hydrogen-bond acceptors (Lipinski definition) is 2. The molecule has 0 radical (unpaired) electrons. The SMILES string of the molecule is CCC1CCCC(=O)N1.CCC1CCCNC1=O. The van der Waals surface area contributed by atoms with E-state index < -0.39 is 0 Å². The highest BCUT2D eigenvalue weighted by molar-refractivity contribution is 5.79. The molecule has 0 spiro atoms. The molecule has 2 heterocycles. The first-order valence-corrected chi connectivity index (χ1v) is 7.24. The van der Waals surface area contributed by atoms with Crippen LogP contribution < -0.4 is 10.6 Å². The minimum Gasteiger partial charge on any atom is -0.356 e. The van der Waals surface area contributed by atoms with Gasteiger partial charge in [-0.15, -0.1) is 0 Å². The summed E-state index contributed by atoms with van der Waals surface area (Å²) in [5.41, 5.74) is 0. The molecule has 0 aliphatic carbocycles. The predicted molar refractivity (Wildman–Crippen MR) is 72.1 cm³/mol. The van der Waals surface area contributed by atoms with Crippen molar-refractivity contribution in [1.29, 1.82) is 0 Å². The fourth-order valence-electron chi connectivity index (χ4n) is 2.41. The molecule has 4 nitrogen and oxygen atoms in total. The van der Waals surface area contributed by atoms with Crippen LogP contribution in [-0.2, 0) is 9.59 Å². The van der Waals surface area contributed by atoms with Crippen LogP contribution in [0.25, 0.3) is 0 Å². The van der Waals surface area contributed by atoms with E-state index in [9.17, 15) is 9.59 Å². The molecule has 18 heavy (non-hydrogen) atoms. The maximum atomic E-state index is 10.9. The molecule has 0 saturated carbocycles. The van der Waals surface area contributed by atoms with E-state index in [1.165, 1.54) is 6.42 Å². The number of nitrogens with one attached hydrogen (secondary N) is 2. The Balaban J connectivity index is 0.000000180. The zero-order chi connectivity index (χ0) is 13.4. The van der Waals surface area contributed by atoms with E-state index in [2.05, 4.69) is 24.5 Å². The molecule has 0 aromatic heterocycles. The summed E-state index contributed by atoms with van der Waals surface area (Å²) in [6.07, 6.45) is 7.28. The van der Waals surface area contributed by atoms with E-state index in [4.69, 9.17) is 0 Å². The lowest BCUT2D eigenvalue weighted by Gasteiger charge is -2.21. The van der Waals surface area contributed by atoms with Crippen molar-refractivity contribution in [3.05, 3.63) is 0 Å². The summed E-state index contributed by atoms with van der Waals surface area (Å²) in [7, 11) is 0. The lowest BCUT2D eigenvalue weighted by Crippen LogP contribution is -2.37. The molecule has 2 amide bonds. The Bertz CT molecular complexity index is 279. The molecule has 4 heteroatoms. The number of piperidine rings is 2. The van der Waals surface area contributed by atoms with Crippen LogP contribution in [0.5, 0.6) is 0 Å². The van der Waals surface area contributed by atoms with Crippen molar-refractivity contribution in [2.75, 3.05) is 6.54 Å². The average Bonchev–Trinajstić information content (AvgIpc) is 2.40. The highest BCUT2D eigenvalue weighted by Gasteiger charge is 2.18. The smallest absolute Gasteiger partial charge is 0.223 e. The zero-order valence-electron chi connectivity index (χ0n) is 11.6. The van der Waals surface area contributed by atoms with Crippen LogP contribution in [0.3, 0.4) is 0 Å². The van der Waals surface area contributed by atoms with Gasteiger partial charge < -0.3 is 10.6 Å². The molecule has 0 aromatic carbocycles. The second-order valence-electron chi connectivity index (χ2n) is 5.10. The average molecular weight is 254 g/mol. The fourth-order valence-corrected chi connectivity index (χ4v) is 2.41. The summed E-state index contributed by atoms with van der Waals surface area (Å²) in [6.45, 7) is 5.06. The monoisotopic (exact) mass is 254 g/mol. The molecule has 0 aromatic rings. The second-order valence-corrected chi connectivity index (χ2v) is 5.10. The highest BCUT2D eigenvalue weighted by Crippen LogP contribution is 2.13. The minimum absolute atomic E-state index is 0.230. The Morgan fingerprint density at radius 3 is 2.33 bits per heavy atom. The minimum atomic E-state index is 0.230. The first-order chi connectivity index (χ1) is 8.67. The topological polar surface area (TPSA) is 58.2 Å². The van der Waals surface area contributed by atoms with Gasteiger partial charge in [-0.3, -0.25) is 9.59 Å². The van der Waals surface area contributed by atoms with Crippen LogP contribution in [0.4, 0.5) is 0 Å². The first kappa shape index (κ1) is 15.0. The Morgan fingerprint density at radius 2 is 1.89 bits per heavy atom. The first-order valence-electron chi connectivity index (χ1n) is 7.24. The molecule has 104 valence electrons. The van der Waals surface area contributed by atoms with Gasteiger partial charge in [0, 0.05) is 24.9 Å². The Hall–Kier alpha value is -1.06. The van der Waals surface area contributed by atoms with Crippen LogP contribution in [-0.4, -0.2) is 24.4 Å². The third-order valence-corrected chi connectivity index (χ3v) is 3.71. The van der Waals surface area contributed by atoms with Crippen LogP contribution >= 0.6 is 0 Å². The standard InChI is InChI=1S/2C7H13NO/c1-2-6-4-3-5-8-7(6)9;1-2-6-4-3-5-7(9)8-6/h2*6H,2-5H2,1H3,(H,8,9). The van der Waals surface area contributed by atoms with Gasteiger partial charge in [-0.05, 0) is 38.5 Å². The van der Waals surface area contributed by atoms with Crippen LogP contribution in [0, 0.1) is 5.92 Å². The second kappa shape index (κ2) is 8.11. The number of carbonyl (C=O) groups is 2. The lowest BCUT2D eigenvalue weighted by molar-refractivity contribution is -0.126. The third-order valence-electron chi connectivity index (χ3n) is 3.71. The van der Waals surface area contributed by atoms with Crippen molar-refractivity contribution >= 4 is 11.8 Å². The summed E-state index contributed by atoms with van der Waals surface area (Å²) in [6, 6.07) is 0.464. The number of amides is 2. The molecule has 2 N–H and O–H groups in total. The summed E-state index contributed by atoms with van der Waals surface area (Å²) in [4.78, 5) is 21.6. The normalized spacial score (nSPS) is 27.7. The van der Waals surface area contributed by atoms with Crippen molar-refractivity contribution in [3.63, 3.8) is 0 Å². The zero-order valence-corrected chi connectivity index (χ0v) is 11.6. The largest absolute Gasteiger partial charge is 0.356 e. The fraction of sp³-hybridized carbons (Fsp3) is 0.857. The quantitative estimate of drug-likeness (QED) is 0.791. The van der Waals surface area contributed by atoms with Gasteiger partial charge in [-0.1, -0.05) is 13.8 Å². The van der Waals surface area contributed by atoms with Crippen molar-refractivity contribution in [1.82, 2.24) is 10.6 Å². The third kappa shape index (κ3) is 5.07. The highest BCUT2D eigenvalue weighted by atomic mass is 16.2. The van der Waals surface area contributed by atoms with Gasteiger partial charge in [-0.2, -0.15) is 0 Å². The van der Waals surface area contributed by atoms with E-state index in [1.54, 1.807) is 0 Å². The van der Waals surface area contributed by atoms with Crippen molar-refractivity contribution < 1.29 is 9.59 Å². The van der Waals surface area contributed by atoms with E-state index in [-0.39, 0.29) is 11.8 Å². The van der Waals surface area contributed by atoms with E-state index in [0.29, 0.717) is 12.0 Å². The van der Waals surface area contributed by atoms with Crippen LogP contribution in [0.2, 0.25) is 0 Å². The van der Waals surface area contributed by atoms with Crippen molar-refractivity contribution in [2.24, 2.45) is 5.92 Å². The molecule has 2 unspecified atom stereocenters. The van der Waals surface area contributed by atoms with Gasteiger partial charge in [0.2, 0.25) is 11.8 Å². The molecule has 2 aliphatic rings. The molecule has 0 bridgehead atoms. The maximum absolute atomic E-state index is 10.9. The summed E-state index contributed by atoms with van der Waals surface area (Å²) in [5.74, 6) is 0.788. The molecule has 2 saturated heterocycles. The van der Waals surface area contributed by atoms with Crippen LogP contribution in [0.15, 0.2) is 0 Å². The molecule has 2 fully saturated rings. The van der Waals surface area contributed by atoms with Gasteiger partial charge in [0.25, 0.3) is 0 Å². The Labute approximate surface area is 110 Å². The van der Waals surface area contributed by atoms with E-state index in [0.717, 1.165) is 45.1 Å². The predicted octanol–water partition coefficient (Wildman–Crippen LogP) is 1.99. The Morgan fingerprint density at radius 1 is 1.11 bits per heavy atom. The molecular formula is C14H26N2O2. The summed E-state index contributed by atoms with van der Waals surface area (Å²) < 4.78 is 0. The lowest BCUT2D eigenvalue weighted by atomic mass is 9.96. The molecule has 2 aliphatic heterocycles. The van der Waals surface area contributed by atoms with Gasteiger partial charge in [0.15, 0.2) is 0 Å². The number of carbonyl (C=O) groups excluding carboxylic acids is 2. The van der Waals surface area contributed by atoms with E-state index >= 15 is 0 Å². The van der Waals surface area contributed by atoms with Crippen molar-refractivity contribution in [3.8, 4) is 0 Å². The number of hydrogen-bond donors (Lipinski definition) is 2. The van der Waals surface area contributed by atoms with Gasteiger partial charge in [-0.25, -0.2) is 0 Å². The van der Waals surface area contributed by atoms with Crippen LogP contribution in [0.1, 0.15) is 58.8 Å². The summed E-state index contributed by atoms with van der Waals surface area (Å²) >= 11 is 0. The van der Waals surface area contributed by atoms with Gasteiger partial charge >= 0.3 is 0 Å².